The van der Waals surface area contributed by atoms with Gasteiger partial charge in [-0.15, -0.1) is 0 Å². The molecule has 1 N–H and O–H groups in total. The van der Waals surface area contributed by atoms with Crippen LogP contribution in [-0.4, -0.2) is 35.7 Å². The Morgan fingerprint density at radius 2 is 1.77 bits per heavy atom. The molecule has 120 valence electrons. The minimum atomic E-state index is -0.260. The zero-order valence-electron chi connectivity index (χ0n) is 13.6. The van der Waals surface area contributed by atoms with Crippen LogP contribution in [0.15, 0.2) is 35.9 Å². The quantitative estimate of drug-likeness (QED) is 0.849. The highest BCUT2D eigenvalue weighted by Crippen LogP contribution is 2.30. The summed E-state index contributed by atoms with van der Waals surface area (Å²) in [6.07, 6.45) is 10.7. The standard InChI is InChI=1S/C20H29NO/c22-20-18(15-17-9-3-1-4-10-17)11-5-6-12-19(20)16-21-13-7-2-8-14-21/h1,3-4,9-10,15,19-20,22H,2,5-8,11-14,16H2/b18-15+/t19-,20+/m1/s1. The lowest BCUT2D eigenvalue weighted by atomic mass is 9.91. The van der Waals surface area contributed by atoms with Crippen molar-refractivity contribution in [3.05, 3.63) is 41.5 Å². The predicted octanol–water partition coefficient (Wildman–Crippen LogP) is 4.11. The fourth-order valence-corrected chi connectivity index (χ4v) is 3.93. The molecule has 2 heteroatoms. The maximum absolute atomic E-state index is 10.9. The van der Waals surface area contributed by atoms with E-state index in [2.05, 4.69) is 35.2 Å². The van der Waals surface area contributed by atoms with Gasteiger partial charge in [-0.2, -0.15) is 0 Å². The first-order valence-corrected chi connectivity index (χ1v) is 8.99. The Labute approximate surface area is 134 Å². The summed E-state index contributed by atoms with van der Waals surface area (Å²) in [6.45, 7) is 3.52. The molecule has 0 unspecified atom stereocenters. The average molecular weight is 299 g/mol. The number of rotatable bonds is 3. The van der Waals surface area contributed by atoms with Crippen LogP contribution in [0.25, 0.3) is 6.08 Å². The average Bonchev–Trinajstić information content (AvgIpc) is 2.73. The van der Waals surface area contributed by atoms with Crippen molar-refractivity contribution in [1.82, 2.24) is 4.90 Å². The second-order valence-electron chi connectivity index (χ2n) is 6.94. The molecule has 2 aliphatic rings. The van der Waals surface area contributed by atoms with Gasteiger partial charge in [0.1, 0.15) is 0 Å². The Bertz CT molecular complexity index is 476. The van der Waals surface area contributed by atoms with Gasteiger partial charge < -0.3 is 10.0 Å². The van der Waals surface area contributed by atoms with E-state index in [-0.39, 0.29) is 6.10 Å². The summed E-state index contributed by atoms with van der Waals surface area (Å²) in [6, 6.07) is 10.4. The molecule has 0 amide bonds. The van der Waals surface area contributed by atoms with E-state index in [1.807, 2.05) is 6.07 Å². The molecule has 2 nitrogen and oxygen atoms in total. The fourth-order valence-electron chi connectivity index (χ4n) is 3.93. The van der Waals surface area contributed by atoms with Crippen LogP contribution >= 0.6 is 0 Å². The first kappa shape index (κ1) is 15.8. The number of hydrogen-bond donors (Lipinski definition) is 1. The van der Waals surface area contributed by atoms with E-state index in [9.17, 15) is 5.11 Å². The summed E-state index contributed by atoms with van der Waals surface area (Å²) >= 11 is 0. The molecule has 1 saturated heterocycles. The fraction of sp³-hybridized carbons (Fsp3) is 0.600. The maximum Gasteiger partial charge on any atom is 0.0793 e. The largest absolute Gasteiger partial charge is 0.388 e. The third-order valence-corrected chi connectivity index (χ3v) is 5.21. The van der Waals surface area contributed by atoms with Crippen molar-refractivity contribution in [2.45, 2.75) is 51.0 Å². The van der Waals surface area contributed by atoms with Crippen LogP contribution in [0.1, 0.15) is 50.5 Å². The lowest BCUT2D eigenvalue weighted by Gasteiger charge is -2.32. The van der Waals surface area contributed by atoms with Crippen molar-refractivity contribution in [1.29, 1.82) is 0 Å². The summed E-state index contributed by atoms with van der Waals surface area (Å²) < 4.78 is 0. The van der Waals surface area contributed by atoms with Crippen LogP contribution in [0.5, 0.6) is 0 Å². The highest BCUT2D eigenvalue weighted by Gasteiger charge is 2.27. The normalized spacial score (nSPS) is 29.4. The second kappa shape index (κ2) is 7.94. The predicted molar refractivity (Wildman–Crippen MR) is 92.7 cm³/mol. The van der Waals surface area contributed by atoms with Crippen molar-refractivity contribution < 1.29 is 5.11 Å². The van der Waals surface area contributed by atoms with Gasteiger partial charge in [0.05, 0.1) is 6.10 Å². The van der Waals surface area contributed by atoms with E-state index in [1.54, 1.807) is 0 Å². The third kappa shape index (κ3) is 4.21. The molecule has 1 heterocycles. The number of nitrogens with zero attached hydrogens (tertiary/aromatic N) is 1. The lowest BCUT2D eigenvalue weighted by molar-refractivity contribution is 0.0951. The second-order valence-corrected chi connectivity index (χ2v) is 6.94. The molecular weight excluding hydrogens is 270 g/mol. The summed E-state index contributed by atoms with van der Waals surface area (Å²) in [5.74, 6) is 0.413. The van der Waals surface area contributed by atoms with E-state index >= 15 is 0 Å². The van der Waals surface area contributed by atoms with Crippen LogP contribution in [0.4, 0.5) is 0 Å². The van der Waals surface area contributed by atoms with Crippen LogP contribution in [0.3, 0.4) is 0 Å². The SMILES string of the molecule is O[C@H]1/C(=C/c2ccccc2)CCCC[C@@H]1CN1CCCCC1. The summed E-state index contributed by atoms with van der Waals surface area (Å²) in [7, 11) is 0. The Kier molecular flexibility index (Phi) is 5.69. The Hall–Kier alpha value is -1.12. The molecule has 3 rings (SSSR count). The zero-order valence-corrected chi connectivity index (χ0v) is 13.6. The summed E-state index contributed by atoms with van der Waals surface area (Å²) in [5.41, 5.74) is 2.46. The van der Waals surface area contributed by atoms with Crippen molar-refractivity contribution in [2.75, 3.05) is 19.6 Å². The Balaban J connectivity index is 1.70. The van der Waals surface area contributed by atoms with Gasteiger partial charge in [0, 0.05) is 12.5 Å². The third-order valence-electron chi connectivity index (χ3n) is 5.21. The highest BCUT2D eigenvalue weighted by molar-refractivity contribution is 5.53. The van der Waals surface area contributed by atoms with Gasteiger partial charge in [-0.3, -0.25) is 0 Å². The van der Waals surface area contributed by atoms with Crippen LogP contribution in [0, 0.1) is 5.92 Å². The highest BCUT2D eigenvalue weighted by atomic mass is 16.3. The lowest BCUT2D eigenvalue weighted by Crippen LogP contribution is -2.38. The van der Waals surface area contributed by atoms with Crippen molar-refractivity contribution in [3.63, 3.8) is 0 Å². The molecule has 0 aromatic heterocycles. The van der Waals surface area contributed by atoms with Crippen molar-refractivity contribution in [3.8, 4) is 0 Å². The molecule has 0 spiro atoms. The van der Waals surface area contributed by atoms with Crippen molar-refractivity contribution >= 4 is 6.08 Å². The summed E-state index contributed by atoms with van der Waals surface area (Å²) in [4.78, 5) is 2.57. The van der Waals surface area contributed by atoms with Gasteiger partial charge in [0.2, 0.25) is 0 Å². The zero-order chi connectivity index (χ0) is 15.2. The molecule has 2 atom stereocenters. The Morgan fingerprint density at radius 1 is 1.00 bits per heavy atom. The molecule has 1 aromatic rings. The van der Waals surface area contributed by atoms with Crippen molar-refractivity contribution in [2.24, 2.45) is 5.92 Å². The van der Waals surface area contributed by atoms with E-state index in [1.165, 1.54) is 62.8 Å². The Morgan fingerprint density at radius 3 is 2.55 bits per heavy atom. The number of benzene rings is 1. The van der Waals surface area contributed by atoms with Gasteiger partial charge in [0.25, 0.3) is 0 Å². The first-order chi connectivity index (χ1) is 10.8. The van der Waals surface area contributed by atoms with Gasteiger partial charge in [-0.25, -0.2) is 0 Å². The first-order valence-electron chi connectivity index (χ1n) is 8.99. The molecule has 22 heavy (non-hydrogen) atoms. The molecule has 1 saturated carbocycles. The van der Waals surface area contributed by atoms with Gasteiger partial charge in [-0.1, -0.05) is 49.2 Å². The monoisotopic (exact) mass is 299 g/mol. The molecule has 0 radical (unpaired) electrons. The van der Waals surface area contributed by atoms with Gasteiger partial charge in [-0.05, 0) is 56.3 Å². The van der Waals surface area contributed by atoms with E-state index in [0.717, 1.165) is 13.0 Å². The molecule has 1 aliphatic carbocycles. The molecule has 2 fully saturated rings. The smallest absolute Gasteiger partial charge is 0.0793 e. The minimum absolute atomic E-state index is 0.260. The van der Waals surface area contributed by atoms with Crippen LogP contribution in [-0.2, 0) is 0 Å². The van der Waals surface area contributed by atoms with Crippen LogP contribution in [0.2, 0.25) is 0 Å². The van der Waals surface area contributed by atoms with Gasteiger partial charge >= 0.3 is 0 Å². The van der Waals surface area contributed by atoms with E-state index in [4.69, 9.17) is 0 Å². The maximum atomic E-state index is 10.9. The summed E-state index contributed by atoms with van der Waals surface area (Å²) in [5, 5.41) is 10.9. The van der Waals surface area contributed by atoms with E-state index < -0.39 is 0 Å². The number of aliphatic hydroxyl groups is 1. The van der Waals surface area contributed by atoms with Gasteiger partial charge in [0.15, 0.2) is 0 Å². The minimum Gasteiger partial charge on any atom is -0.388 e. The number of piperidine rings is 1. The molecule has 1 aliphatic heterocycles. The molecule has 1 aromatic carbocycles. The van der Waals surface area contributed by atoms with Crippen LogP contribution < -0.4 is 0 Å². The van der Waals surface area contributed by atoms with E-state index in [0.29, 0.717) is 5.92 Å². The number of aliphatic hydroxyl groups excluding tert-OH is 1. The number of hydrogen-bond acceptors (Lipinski definition) is 2. The number of likely N-dealkylation sites (tertiary alicyclic amines) is 1. The molecular formula is C20H29NO. The molecule has 0 bridgehead atoms. The topological polar surface area (TPSA) is 23.5 Å².